The topological polar surface area (TPSA) is 38.2 Å². The summed E-state index contributed by atoms with van der Waals surface area (Å²) in [5.74, 6) is 1.63. The predicted octanol–water partition coefficient (Wildman–Crippen LogP) is 3.32. The van der Waals surface area contributed by atoms with Crippen LogP contribution in [0.4, 0.5) is 0 Å². The van der Waals surface area contributed by atoms with Gasteiger partial charge in [-0.05, 0) is 43.4 Å². The molecule has 1 aromatic carbocycles. The smallest absolute Gasteiger partial charge is 0.266 e. The molecule has 2 rings (SSSR count). The predicted molar refractivity (Wildman–Crippen MR) is 60.6 cm³/mol. The summed E-state index contributed by atoms with van der Waals surface area (Å²) in [4.78, 5) is 3.41. The number of hydrogen-bond acceptors (Lipinski definition) is 3. The lowest BCUT2D eigenvalue weighted by molar-refractivity contribution is 0.415. The first-order chi connectivity index (χ1) is 7.20. The van der Waals surface area contributed by atoms with Gasteiger partial charge in [-0.3, -0.25) is 0 Å². The molecule has 0 unspecified atom stereocenters. The van der Waals surface area contributed by atoms with Gasteiger partial charge in [0.15, 0.2) is 0 Å². The molecule has 0 bridgehead atoms. The van der Waals surface area contributed by atoms with Crippen molar-refractivity contribution in [3.8, 4) is 17.0 Å². The molecule has 0 saturated carbocycles. The fourth-order valence-electron chi connectivity index (χ4n) is 1.44. The fourth-order valence-corrected chi connectivity index (χ4v) is 1.67. The third kappa shape index (κ3) is 1.94. The lowest BCUT2D eigenvalue weighted by atomic mass is 10.1. The minimum absolute atomic E-state index is 0.401. The standard InChI is InChI=1S/C11H11NO2S/c1-7-10(12-11(15)14-7)8-3-5-9(13-2)6-4-8/h3-6H,1-2H3,(H,12,15). The highest BCUT2D eigenvalue weighted by Gasteiger charge is 2.05. The summed E-state index contributed by atoms with van der Waals surface area (Å²) >= 11 is 4.92. The second-order valence-electron chi connectivity index (χ2n) is 3.17. The van der Waals surface area contributed by atoms with Crippen LogP contribution in [0.3, 0.4) is 0 Å². The third-order valence-corrected chi connectivity index (χ3v) is 2.39. The Labute approximate surface area is 92.7 Å². The number of aromatic amines is 1. The maximum atomic E-state index is 5.25. The van der Waals surface area contributed by atoms with Gasteiger partial charge in [-0.2, -0.15) is 0 Å². The molecule has 0 atom stereocenters. The first-order valence-corrected chi connectivity index (χ1v) is 4.95. The van der Waals surface area contributed by atoms with Crippen LogP contribution in [0, 0.1) is 11.8 Å². The van der Waals surface area contributed by atoms with Crippen LogP contribution in [0.2, 0.25) is 0 Å². The van der Waals surface area contributed by atoms with E-state index in [0.29, 0.717) is 4.84 Å². The molecule has 0 spiro atoms. The number of benzene rings is 1. The maximum Gasteiger partial charge on any atom is 0.266 e. The highest BCUT2D eigenvalue weighted by Crippen LogP contribution is 2.24. The Balaban J connectivity index is 2.45. The van der Waals surface area contributed by atoms with E-state index in [4.69, 9.17) is 21.4 Å². The average Bonchev–Trinajstić information content (AvgIpc) is 2.58. The number of nitrogens with one attached hydrogen (secondary N) is 1. The molecule has 0 amide bonds. The van der Waals surface area contributed by atoms with Gasteiger partial charge in [0.25, 0.3) is 4.84 Å². The molecule has 0 aliphatic heterocycles. The number of aryl methyl sites for hydroxylation is 1. The van der Waals surface area contributed by atoms with Crippen LogP contribution in [0.1, 0.15) is 5.76 Å². The molecule has 4 heteroatoms. The Morgan fingerprint density at radius 1 is 1.27 bits per heavy atom. The molecule has 0 saturated heterocycles. The maximum absolute atomic E-state index is 5.25. The van der Waals surface area contributed by atoms with Crippen molar-refractivity contribution in [3.63, 3.8) is 0 Å². The van der Waals surface area contributed by atoms with Crippen LogP contribution in [-0.2, 0) is 0 Å². The molecular formula is C11H11NO2S. The number of ether oxygens (including phenoxy) is 1. The minimum Gasteiger partial charge on any atom is -0.497 e. The Kier molecular flexibility index (Phi) is 2.60. The van der Waals surface area contributed by atoms with Crippen molar-refractivity contribution in [2.45, 2.75) is 6.92 Å². The zero-order chi connectivity index (χ0) is 10.8. The van der Waals surface area contributed by atoms with Crippen LogP contribution >= 0.6 is 12.2 Å². The number of H-pyrrole nitrogens is 1. The number of aromatic nitrogens is 1. The first kappa shape index (κ1) is 9.98. The minimum atomic E-state index is 0.401. The van der Waals surface area contributed by atoms with Crippen molar-refractivity contribution in [1.29, 1.82) is 0 Å². The molecule has 1 N–H and O–H groups in total. The molecule has 0 aliphatic carbocycles. The Morgan fingerprint density at radius 2 is 1.93 bits per heavy atom. The van der Waals surface area contributed by atoms with E-state index in [9.17, 15) is 0 Å². The van der Waals surface area contributed by atoms with Gasteiger partial charge in [-0.15, -0.1) is 0 Å². The van der Waals surface area contributed by atoms with Crippen LogP contribution < -0.4 is 4.74 Å². The Bertz CT molecular complexity index is 510. The normalized spacial score (nSPS) is 10.3. The van der Waals surface area contributed by atoms with E-state index in [1.54, 1.807) is 7.11 Å². The molecule has 0 radical (unpaired) electrons. The van der Waals surface area contributed by atoms with Crippen LogP contribution in [0.25, 0.3) is 11.3 Å². The van der Waals surface area contributed by atoms with E-state index in [1.165, 1.54) is 0 Å². The van der Waals surface area contributed by atoms with Gasteiger partial charge >= 0.3 is 0 Å². The van der Waals surface area contributed by atoms with Crippen molar-refractivity contribution >= 4 is 12.2 Å². The van der Waals surface area contributed by atoms with Crippen molar-refractivity contribution in [2.24, 2.45) is 0 Å². The molecule has 0 fully saturated rings. The Hall–Kier alpha value is -1.55. The lowest BCUT2D eigenvalue weighted by Gasteiger charge is -2.01. The molecule has 1 aromatic heterocycles. The quantitative estimate of drug-likeness (QED) is 0.790. The monoisotopic (exact) mass is 221 g/mol. The van der Waals surface area contributed by atoms with Gasteiger partial charge < -0.3 is 14.1 Å². The number of oxazole rings is 1. The molecular weight excluding hydrogens is 210 g/mol. The highest BCUT2D eigenvalue weighted by molar-refractivity contribution is 7.71. The molecule has 15 heavy (non-hydrogen) atoms. The largest absolute Gasteiger partial charge is 0.497 e. The van der Waals surface area contributed by atoms with Crippen LogP contribution in [0.15, 0.2) is 28.7 Å². The number of rotatable bonds is 2. The Morgan fingerprint density at radius 3 is 2.40 bits per heavy atom. The zero-order valence-electron chi connectivity index (χ0n) is 8.53. The van der Waals surface area contributed by atoms with Gasteiger partial charge in [0.05, 0.1) is 12.8 Å². The highest BCUT2D eigenvalue weighted by atomic mass is 32.1. The van der Waals surface area contributed by atoms with E-state index in [1.807, 2.05) is 31.2 Å². The van der Waals surface area contributed by atoms with Gasteiger partial charge in [0.1, 0.15) is 11.5 Å². The van der Waals surface area contributed by atoms with Gasteiger partial charge in [-0.1, -0.05) is 0 Å². The van der Waals surface area contributed by atoms with Crippen LogP contribution in [0.5, 0.6) is 5.75 Å². The third-order valence-electron chi connectivity index (χ3n) is 2.20. The summed E-state index contributed by atoms with van der Waals surface area (Å²) in [5.41, 5.74) is 1.95. The van der Waals surface area contributed by atoms with Crippen LogP contribution in [-0.4, -0.2) is 12.1 Å². The first-order valence-electron chi connectivity index (χ1n) is 4.55. The summed E-state index contributed by atoms with van der Waals surface area (Å²) < 4.78 is 10.3. The number of hydrogen-bond donors (Lipinski definition) is 1. The van der Waals surface area contributed by atoms with E-state index in [-0.39, 0.29) is 0 Å². The van der Waals surface area contributed by atoms with Crippen molar-refractivity contribution in [3.05, 3.63) is 34.9 Å². The molecule has 78 valence electrons. The molecule has 2 aromatic rings. The van der Waals surface area contributed by atoms with E-state index >= 15 is 0 Å². The summed E-state index contributed by atoms with van der Waals surface area (Å²) in [6, 6.07) is 7.72. The summed E-state index contributed by atoms with van der Waals surface area (Å²) in [5, 5.41) is 0. The van der Waals surface area contributed by atoms with E-state index in [2.05, 4.69) is 4.98 Å². The van der Waals surface area contributed by atoms with Gasteiger partial charge in [0.2, 0.25) is 0 Å². The second kappa shape index (κ2) is 3.90. The summed E-state index contributed by atoms with van der Waals surface area (Å²) in [7, 11) is 1.64. The van der Waals surface area contributed by atoms with Gasteiger partial charge in [-0.25, -0.2) is 0 Å². The molecule has 3 nitrogen and oxygen atoms in total. The van der Waals surface area contributed by atoms with Crippen molar-refractivity contribution in [2.75, 3.05) is 7.11 Å². The lowest BCUT2D eigenvalue weighted by Crippen LogP contribution is -1.83. The summed E-state index contributed by atoms with van der Waals surface area (Å²) in [6.45, 7) is 1.88. The second-order valence-corrected chi connectivity index (χ2v) is 3.54. The van der Waals surface area contributed by atoms with Crippen molar-refractivity contribution in [1.82, 2.24) is 4.98 Å². The number of methoxy groups -OCH3 is 1. The zero-order valence-corrected chi connectivity index (χ0v) is 9.35. The van der Waals surface area contributed by atoms with E-state index in [0.717, 1.165) is 22.8 Å². The van der Waals surface area contributed by atoms with Crippen molar-refractivity contribution < 1.29 is 9.15 Å². The SMILES string of the molecule is COc1ccc(-c2[nH]c(=S)oc2C)cc1. The summed E-state index contributed by atoms with van der Waals surface area (Å²) in [6.07, 6.45) is 0. The average molecular weight is 221 g/mol. The fraction of sp³-hybridized carbons (Fsp3) is 0.182. The van der Waals surface area contributed by atoms with Gasteiger partial charge in [0, 0.05) is 5.56 Å². The molecule has 0 aliphatic rings. The molecule has 1 heterocycles. The van der Waals surface area contributed by atoms with E-state index < -0.39 is 0 Å².